The van der Waals surface area contributed by atoms with Crippen LogP contribution in [0.2, 0.25) is 0 Å². The van der Waals surface area contributed by atoms with Gasteiger partial charge in [-0.05, 0) is 16.7 Å². The number of halogens is 1. The molecule has 0 aliphatic carbocycles. The third-order valence-electron chi connectivity index (χ3n) is 6.42. The van der Waals surface area contributed by atoms with Crippen LogP contribution >= 0.6 is 0 Å². The second kappa shape index (κ2) is 10.0. The van der Waals surface area contributed by atoms with Crippen LogP contribution in [-0.4, -0.2) is 39.6 Å². The van der Waals surface area contributed by atoms with Gasteiger partial charge in [-0.1, -0.05) is 91.0 Å². The van der Waals surface area contributed by atoms with Crippen molar-refractivity contribution in [2.24, 2.45) is 0 Å². The average molecular weight is 489 g/mol. The second-order valence-electron chi connectivity index (χ2n) is 8.61. The molecule has 5 rings (SSSR count). The van der Waals surface area contributed by atoms with E-state index in [1.54, 1.807) is 0 Å². The zero-order valence-electron chi connectivity index (χ0n) is 19.2. The van der Waals surface area contributed by atoms with Crippen molar-refractivity contribution in [1.82, 2.24) is 9.55 Å². The van der Waals surface area contributed by atoms with Crippen molar-refractivity contribution in [2.45, 2.75) is 30.2 Å². The zero-order valence-corrected chi connectivity index (χ0v) is 19.2. The third-order valence-corrected chi connectivity index (χ3v) is 6.42. The molecule has 4 atom stereocenters. The number of rotatable bonds is 7. The van der Waals surface area contributed by atoms with E-state index in [1.165, 1.54) is 0 Å². The molecule has 0 saturated carbocycles. The minimum atomic E-state index is -1.90. The number of nitrogens with zero attached hydrogens (tertiary/aromatic N) is 1. The van der Waals surface area contributed by atoms with E-state index in [9.17, 15) is 14.7 Å². The van der Waals surface area contributed by atoms with Gasteiger partial charge < -0.3 is 14.6 Å². The Bertz CT molecular complexity index is 1310. The van der Waals surface area contributed by atoms with Crippen LogP contribution in [0.3, 0.4) is 0 Å². The van der Waals surface area contributed by atoms with Crippen LogP contribution in [0.4, 0.5) is 4.39 Å². The minimum Gasteiger partial charge on any atom is -0.387 e. The van der Waals surface area contributed by atoms with Crippen molar-refractivity contribution >= 4 is 0 Å². The number of hydrogen-bond donors (Lipinski definition) is 2. The second-order valence-corrected chi connectivity index (χ2v) is 8.61. The standard InChI is InChI=1S/C28H25FN2O5/c29-24-25(33)22(36-26(24)31-17-16-23(32)30-27(31)34)18-35-28(19-10-4-1-5-11-19,20-12-6-2-7-13-20)21-14-8-3-9-15-21/h1-17,22,24-26,33H,18H2,(H,30,32,34)/t22-,24-,25+,26-/m1/s1. The van der Waals surface area contributed by atoms with Crippen molar-refractivity contribution < 1.29 is 19.0 Å². The molecule has 8 heteroatoms. The Hall–Kier alpha value is -3.85. The fraction of sp³-hybridized carbons (Fsp3) is 0.214. The highest BCUT2D eigenvalue weighted by Crippen LogP contribution is 2.41. The van der Waals surface area contributed by atoms with Crippen LogP contribution in [0.5, 0.6) is 0 Å². The first-order chi connectivity index (χ1) is 17.5. The Kier molecular flexibility index (Phi) is 6.65. The normalized spacial score (nSPS) is 21.9. The molecule has 1 fully saturated rings. The maximum atomic E-state index is 15.1. The van der Waals surface area contributed by atoms with Crippen LogP contribution in [0.1, 0.15) is 22.9 Å². The summed E-state index contributed by atoms with van der Waals surface area (Å²) in [6.45, 7) is -0.172. The summed E-state index contributed by atoms with van der Waals surface area (Å²) in [5.74, 6) is 0. The van der Waals surface area contributed by atoms with Crippen LogP contribution in [0, 0.1) is 0 Å². The molecule has 184 valence electrons. The smallest absolute Gasteiger partial charge is 0.330 e. The number of hydrogen-bond acceptors (Lipinski definition) is 5. The lowest BCUT2D eigenvalue weighted by molar-refractivity contribution is -0.0950. The highest BCUT2D eigenvalue weighted by atomic mass is 19.1. The summed E-state index contributed by atoms with van der Waals surface area (Å²) in [6.07, 6.45) is -4.77. The van der Waals surface area contributed by atoms with Gasteiger partial charge >= 0.3 is 5.69 Å². The van der Waals surface area contributed by atoms with Crippen molar-refractivity contribution in [3.05, 3.63) is 141 Å². The Morgan fingerprint density at radius 3 is 1.83 bits per heavy atom. The van der Waals surface area contributed by atoms with E-state index < -0.39 is 41.5 Å². The van der Waals surface area contributed by atoms with Crippen molar-refractivity contribution in [3.63, 3.8) is 0 Å². The predicted molar refractivity (Wildman–Crippen MR) is 131 cm³/mol. The average Bonchev–Trinajstić information content (AvgIpc) is 3.19. The molecule has 2 N–H and O–H groups in total. The van der Waals surface area contributed by atoms with Crippen molar-refractivity contribution in [1.29, 1.82) is 0 Å². The van der Waals surface area contributed by atoms with Crippen LogP contribution in [-0.2, 0) is 15.1 Å². The molecule has 7 nitrogen and oxygen atoms in total. The van der Waals surface area contributed by atoms with Crippen LogP contribution < -0.4 is 11.2 Å². The van der Waals surface area contributed by atoms with Gasteiger partial charge in [0, 0.05) is 12.3 Å². The molecule has 0 spiro atoms. The topological polar surface area (TPSA) is 93.5 Å². The monoisotopic (exact) mass is 488 g/mol. The number of aliphatic hydroxyl groups excluding tert-OH is 1. The van der Waals surface area contributed by atoms with Crippen LogP contribution in [0.25, 0.3) is 0 Å². The maximum absolute atomic E-state index is 15.1. The fourth-order valence-corrected chi connectivity index (χ4v) is 4.67. The number of benzene rings is 3. The van der Waals surface area contributed by atoms with Crippen LogP contribution in [0.15, 0.2) is 113 Å². The number of alkyl halides is 1. The highest BCUT2D eigenvalue weighted by Gasteiger charge is 2.47. The molecule has 4 aromatic rings. The van der Waals surface area contributed by atoms with Gasteiger partial charge in [0.1, 0.15) is 17.8 Å². The lowest BCUT2D eigenvalue weighted by Crippen LogP contribution is -2.39. The molecule has 0 amide bonds. The molecule has 1 aliphatic heterocycles. The summed E-state index contributed by atoms with van der Waals surface area (Å²) >= 11 is 0. The summed E-state index contributed by atoms with van der Waals surface area (Å²) in [7, 11) is 0. The third kappa shape index (κ3) is 4.30. The van der Waals surface area contributed by atoms with Crippen molar-refractivity contribution in [3.8, 4) is 0 Å². The number of ether oxygens (including phenoxy) is 2. The number of aliphatic hydroxyl groups is 1. The van der Waals surface area contributed by atoms with Gasteiger partial charge in [0.15, 0.2) is 12.4 Å². The number of nitrogens with one attached hydrogen (secondary N) is 1. The quantitative estimate of drug-likeness (QED) is 0.390. The summed E-state index contributed by atoms with van der Waals surface area (Å²) < 4.78 is 28.4. The van der Waals surface area contributed by atoms with Gasteiger partial charge in [0.05, 0.1) is 6.61 Å². The van der Waals surface area contributed by atoms with E-state index in [0.717, 1.165) is 33.5 Å². The van der Waals surface area contributed by atoms with E-state index in [-0.39, 0.29) is 6.61 Å². The van der Waals surface area contributed by atoms with E-state index in [4.69, 9.17) is 9.47 Å². The summed E-state index contributed by atoms with van der Waals surface area (Å²) in [5.41, 5.74) is 0.0332. The largest absolute Gasteiger partial charge is 0.387 e. The number of aromatic amines is 1. The summed E-state index contributed by atoms with van der Waals surface area (Å²) in [4.78, 5) is 25.7. The minimum absolute atomic E-state index is 0.172. The molecule has 0 unspecified atom stereocenters. The predicted octanol–water partition coefficient (Wildman–Crippen LogP) is 3.14. The molecule has 1 aliphatic rings. The van der Waals surface area contributed by atoms with Gasteiger partial charge in [-0.3, -0.25) is 14.3 Å². The summed E-state index contributed by atoms with van der Waals surface area (Å²) in [5, 5.41) is 10.7. The molecule has 3 aromatic carbocycles. The Balaban J connectivity index is 1.52. The Labute approximate surface area is 206 Å². The molecule has 2 heterocycles. The van der Waals surface area contributed by atoms with E-state index in [2.05, 4.69) is 4.98 Å². The first kappa shape index (κ1) is 23.9. The highest BCUT2D eigenvalue weighted by molar-refractivity contribution is 5.47. The SMILES string of the molecule is O=c1ccn([C@@H]2O[C@H](COC(c3ccccc3)(c3ccccc3)c3ccccc3)[C@H](O)[C@H]2F)c(=O)[nH]1. The van der Waals surface area contributed by atoms with E-state index in [0.29, 0.717) is 0 Å². The lowest BCUT2D eigenvalue weighted by Gasteiger charge is -2.37. The lowest BCUT2D eigenvalue weighted by atomic mass is 9.80. The Morgan fingerprint density at radius 2 is 1.36 bits per heavy atom. The fourth-order valence-electron chi connectivity index (χ4n) is 4.67. The molecule has 0 bridgehead atoms. The van der Waals surface area contributed by atoms with Gasteiger partial charge in [-0.15, -0.1) is 0 Å². The van der Waals surface area contributed by atoms with Gasteiger partial charge in [-0.25, -0.2) is 9.18 Å². The summed E-state index contributed by atoms with van der Waals surface area (Å²) in [6, 6.07) is 30.0. The molecule has 1 saturated heterocycles. The molecular weight excluding hydrogens is 463 g/mol. The van der Waals surface area contributed by atoms with Crippen molar-refractivity contribution in [2.75, 3.05) is 6.61 Å². The number of aromatic nitrogens is 2. The molecular formula is C28H25FN2O5. The molecule has 1 aromatic heterocycles. The first-order valence-corrected chi connectivity index (χ1v) is 11.6. The first-order valence-electron chi connectivity index (χ1n) is 11.6. The number of H-pyrrole nitrogens is 1. The van der Waals surface area contributed by atoms with E-state index >= 15 is 4.39 Å². The maximum Gasteiger partial charge on any atom is 0.330 e. The van der Waals surface area contributed by atoms with Gasteiger partial charge in [-0.2, -0.15) is 0 Å². The van der Waals surface area contributed by atoms with E-state index in [1.807, 2.05) is 91.0 Å². The van der Waals surface area contributed by atoms with Gasteiger partial charge in [0.2, 0.25) is 0 Å². The molecule has 0 radical (unpaired) electrons. The van der Waals surface area contributed by atoms with Gasteiger partial charge in [0.25, 0.3) is 5.56 Å². The zero-order chi connectivity index (χ0) is 25.1. The Morgan fingerprint density at radius 1 is 0.861 bits per heavy atom. The molecule has 36 heavy (non-hydrogen) atoms.